The number of ketones is 1. The number of ether oxygens (including phenoxy) is 2. The highest BCUT2D eigenvalue weighted by atomic mass is 16.7. The van der Waals surface area contributed by atoms with Gasteiger partial charge in [-0.25, -0.2) is 9.97 Å². The van der Waals surface area contributed by atoms with E-state index in [2.05, 4.69) is 9.97 Å². The lowest BCUT2D eigenvalue weighted by molar-refractivity contribution is 0.100. The first-order chi connectivity index (χ1) is 9.15. The summed E-state index contributed by atoms with van der Waals surface area (Å²) in [5.41, 5.74) is 2.63. The van der Waals surface area contributed by atoms with Crippen molar-refractivity contribution in [2.45, 2.75) is 13.8 Å². The van der Waals surface area contributed by atoms with E-state index in [1.54, 1.807) is 12.3 Å². The topological polar surface area (TPSA) is 61.3 Å². The number of fused-ring (bicyclic) bond motifs is 1. The highest BCUT2D eigenvalue weighted by molar-refractivity contribution is 5.90. The van der Waals surface area contributed by atoms with Gasteiger partial charge in [0.05, 0.1) is 5.69 Å². The van der Waals surface area contributed by atoms with Crippen LogP contribution in [0.3, 0.4) is 0 Å². The Bertz CT molecular complexity index is 668. The second kappa shape index (κ2) is 4.35. The molecule has 96 valence electrons. The maximum Gasteiger partial charge on any atom is 0.231 e. The molecule has 0 N–H and O–H groups in total. The standard InChI is InChI=1S/C14H12N2O3/c1-8-5-12-13(19-7-18-12)6-10(8)11-3-4-15-14(16-11)9(2)17/h3-6H,7H2,1-2H3. The number of nitrogens with zero attached hydrogens (tertiary/aromatic N) is 2. The summed E-state index contributed by atoms with van der Waals surface area (Å²) in [7, 11) is 0. The van der Waals surface area contributed by atoms with Gasteiger partial charge in [-0.15, -0.1) is 0 Å². The number of carbonyl (C=O) groups excluding carboxylic acids is 1. The molecule has 1 aromatic carbocycles. The van der Waals surface area contributed by atoms with Gasteiger partial charge >= 0.3 is 0 Å². The molecule has 1 aromatic heterocycles. The number of aryl methyl sites for hydroxylation is 1. The smallest absolute Gasteiger partial charge is 0.231 e. The molecule has 0 unspecified atom stereocenters. The predicted octanol–water partition coefficient (Wildman–Crippen LogP) is 2.38. The average Bonchev–Trinajstić information content (AvgIpc) is 2.85. The molecule has 3 rings (SSSR count). The van der Waals surface area contributed by atoms with E-state index in [9.17, 15) is 4.79 Å². The molecular weight excluding hydrogens is 244 g/mol. The quantitative estimate of drug-likeness (QED) is 0.772. The zero-order chi connectivity index (χ0) is 13.4. The molecule has 0 spiro atoms. The first-order valence-electron chi connectivity index (χ1n) is 5.90. The molecular formula is C14H12N2O3. The second-order valence-electron chi connectivity index (χ2n) is 4.34. The van der Waals surface area contributed by atoms with Crippen molar-refractivity contribution in [1.29, 1.82) is 0 Å². The Kier molecular flexibility index (Phi) is 2.67. The summed E-state index contributed by atoms with van der Waals surface area (Å²) in [6.07, 6.45) is 1.59. The van der Waals surface area contributed by atoms with Gasteiger partial charge in [-0.1, -0.05) is 0 Å². The van der Waals surface area contributed by atoms with E-state index in [0.29, 0.717) is 11.4 Å². The van der Waals surface area contributed by atoms with Crippen molar-refractivity contribution in [3.05, 3.63) is 35.8 Å². The van der Waals surface area contributed by atoms with Crippen molar-refractivity contribution >= 4 is 5.78 Å². The molecule has 5 heteroatoms. The zero-order valence-electron chi connectivity index (χ0n) is 10.6. The summed E-state index contributed by atoms with van der Waals surface area (Å²) in [4.78, 5) is 19.6. The van der Waals surface area contributed by atoms with Gasteiger partial charge in [-0.05, 0) is 30.7 Å². The number of hydrogen-bond donors (Lipinski definition) is 0. The Morgan fingerprint density at radius 2 is 2.00 bits per heavy atom. The Morgan fingerprint density at radius 1 is 1.26 bits per heavy atom. The van der Waals surface area contributed by atoms with Crippen molar-refractivity contribution in [3.63, 3.8) is 0 Å². The van der Waals surface area contributed by atoms with Crippen LogP contribution in [0, 0.1) is 6.92 Å². The van der Waals surface area contributed by atoms with Gasteiger partial charge < -0.3 is 9.47 Å². The van der Waals surface area contributed by atoms with Gasteiger partial charge in [0, 0.05) is 18.7 Å². The molecule has 0 amide bonds. The van der Waals surface area contributed by atoms with Gasteiger partial charge in [-0.3, -0.25) is 4.79 Å². The number of Topliss-reactive ketones (excluding diaryl/α,β-unsaturated/α-hetero) is 1. The third-order valence-corrected chi connectivity index (χ3v) is 2.97. The SMILES string of the molecule is CC(=O)c1nccc(-c2cc3c(cc2C)OCO3)n1. The predicted molar refractivity (Wildman–Crippen MR) is 68.3 cm³/mol. The van der Waals surface area contributed by atoms with Crippen LogP contribution in [0.5, 0.6) is 11.5 Å². The summed E-state index contributed by atoms with van der Waals surface area (Å²) in [5, 5.41) is 0. The van der Waals surface area contributed by atoms with Crippen LogP contribution in [0.4, 0.5) is 0 Å². The van der Waals surface area contributed by atoms with E-state index in [4.69, 9.17) is 9.47 Å². The summed E-state index contributed by atoms with van der Waals surface area (Å²) in [5.74, 6) is 1.50. The van der Waals surface area contributed by atoms with Crippen LogP contribution in [-0.4, -0.2) is 22.5 Å². The highest BCUT2D eigenvalue weighted by Gasteiger charge is 2.17. The Balaban J connectivity index is 2.12. The molecule has 1 aliphatic heterocycles. The Hall–Kier alpha value is -2.43. The lowest BCUT2D eigenvalue weighted by Crippen LogP contribution is -2.01. The fraction of sp³-hybridized carbons (Fsp3) is 0.214. The van der Waals surface area contributed by atoms with Crippen molar-refractivity contribution in [2.75, 3.05) is 6.79 Å². The van der Waals surface area contributed by atoms with Crippen LogP contribution in [0.1, 0.15) is 23.1 Å². The summed E-state index contributed by atoms with van der Waals surface area (Å²) in [6, 6.07) is 5.56. The number of rotatable bonds is 2. The number of benzene rings is 1. The molecule has 0 aliphatic carbocycles. The molecule has 2 heterocycles. The summed E-state index contributed by atoms with van der Waals surface area (Å²) >= 11 is 0. The molecule has 0 saturated carbocycles. The highest BCUT2D eigenvalue weighted by Crippen LogP contribution is 2.37. The number of aromatic nitrogens is 2. The first kappa shape index (κ1) is 11.6. The van der Waals surface area contributed by atoms with Gasteiger partial charge in [0.1, 0.15) is 0 Å². The van der Waals surface area contributed by atoms with E-state index >= 15 is 0 Å². The van der Waals surface area contributed by atoms with E-state index < -0.39 is 0 Å². The second-order valence-corrected chi connectivity index (χ2v) is 4.34. The molecule has 0 bridgehead atoms. The van der Waals surface area contributed by atoms with Gasteiger partial charge in [0.15, 0.2) is 23.1 Å². The van der Waals surface area contributed by atoms with Crippen LogP contribution in [0.2, 0.25) is 0 Å². The third kappa shape index (κ3) is 2.03. The molecule has 5 nitrogen and oxygen atoms in total. The minimum absolute atomic E-state index is 0.153. The Labute approximate surface area is 110 Å². The van der Waals surface area contributed by atoms with Crippen LogP contribution >= 0.6 is 0 Å². The minimum atomic E-state index is -0.153. The molecule has 0 saturated heterocycles. The Morgan fingerprint density at radius 3 is 2.74 bits per heavy atom. The van der Waals surface area contributed by atoms with Crippen LogP contribution in [0.25, 0.3) is 11.3 Å². The molecule has 1 aliphatic rings. The molecule has 0 fully saturated rings. The van der Waals surface area contributed by atoms with Crippen molar-refractivity contribution < 1.29 is 14.3 Å². The van der Waals surface area contributed by atoms with Crippen molar-refractivity contribution in [3.8, 4) is 22.8 Å². The monoisotopic (exact) mass is 256 g/mol. The van der Waals surface area contributed by atoms with E-state index in [0.717, 1.165) is 16.9 Å². The first-order valence-corrected chi connectivity index (χ1v) is 5.90. The van der Waals surface area contributed by atoms with E-state index in [1.165, 1.54) is 6.92 Å². The fourth-order valence-electron chi connectivity index (χ4n) is 2.00. The van der Waals surface area contributed by atoms with Gasteiger partial charge in [-0.2, -0.15) is 0 Å². The van der Waals surface area contributed by atoms with Crippen molar-refractivity contribution in [1.82, 2.24) is 9.97 Å². The third-order valence-electron chi connectivity index (χ3n) is 2.97. The number of hydrogen-bond acceptors (Lipinski definition) is 5. The maximum atomic E-state index is 11.3. The number of carbonyl (C=O) groups is 1. The minimum Gasteiger partial charge on any atom is -0.454 e. The average molecular weight is 256 g/mol. The van der Waals surface area contributed by atoms with Crippen LogP contribution < -0.4 is 9.47 Å². The molecule has 19 heavy (non-hydrogen) atoms. The maximum absolute atomic E-state index is 11.3. The van der Waals surface area contributed by atoms with E-state index in [-0.39, 0.29) is 18.4 Å². The van der Waals surface area contributed by atoms with Crippen molar-refractivity contribution in [2.24, 2.45) is 0 Å². The molecule has 0 atom stereocenters. The molecule has 0 radical (unpaired) electrons. The molecule has 2 aromatic rings. The fourth-order valence-corrected chi connectivity index (χ4v) is 2.00. The zero-order valence-corrected chi connectivity index (χ0v) is 10.6. The normalized spacial score (nSPS) is 12.5. The largest absolute Gasteiger partial charge is 0.454 e. The van der Waals surface area contributed by atoms with E-state index in [1.807, 2.05) is 19.1 Å². The van der Waals surface area contributed by atoms with Crippen LogP contribution in [-0.2, 0) is 0 Å². The van der Waals surface area contributed by atoms with Gasteiger partial charge in [0.25, 0.3) is 0 Å². The van der Waals surface area contributed by atoms with Crippen LogP contribution in [0.15, 0.2) is 24.4 Å². The van der Waals surface area contributed by atoms with Gasteiger partial charge in [0.2, 0.25) is 6.79 Å². The summed E-state index contributed by atoms with van der Waals surface area (Å²) in [6.45, 7) is 3.65. The lowest BCUT2D eigenvalue weighted by Gasteiger charge is -2.07. The lowest BCUT2D eigenvalue weighted by atomic mass is 10.0. The summed E-state index contributed by atoms with van der Waals surface area (Å²) < 4.78 is 10.7.